The number of carbonyl (C=O) groups is 1. The number of nitrogens with zero attached hydrogens (tertiary/aromatic N) is 3. The summed E-state index contributed by atoms with van der Waals surface area (Å²) in [5.74, 6) is 0.714. The van der Waals surface area contributed by atoms with Crippen molar-refractivity contribution in [3.63, 3.8) is 0 Å². The molecule has 0 atom stereocenters. The Labute approximate surface area is 185 Å². The Hall–Kier alpha value is -1.71. The van der Waals surface area contributed by atoms with Crippen LogP contribution in [0.2, 0.25) is 0 Å². The van der Waals surface area contributed by atoms with Gasteiger partial charge in [0, 0.05) is 5.57 Å². The summed E-state index contributed by atoms with van der Waals surface area (Å²) in [6.45, 7) is 4.52. The maximum atomic E-state index is 12.8. The zero-order chi connectivity index (χ0) is 19.8. The minimum atomic E-state index is 0. The number of allylic oxidation sites excluding steroid dienone is 1. The topological polar surface area (TPSA) is 47.8 Å². The van der Waals surface area contributed by atoms with Crippen LogP contribution in [0.1, 0.15) is 16.7 Å². The summed E-state index contributed by atoms with van der Waals surface area (Å²) >= 11 is 0. The van der Waals surface area contributed by atoms with Crippen molar-refractivity contribution in [3.8, 4) is 0 Å². The molecular weight excluding hydrogens is 402 g/mol. The fourth-order valence-electron chi connectivity index (χ4n) is 2.88. The molecule has 4 nitrogen and oxygen atoms in total. The number of hydrogen-bond acceptors (Lipinski definition) is 3. The van der Waals surface area contributed by atoms with Crippen LogP contribution in [0.15, 0.2) is 36.4 Å². The van der Waals surface area contributed by atoms with Gasteiger partial charge in [-0.25, -0.2) is 9.67 Å². The summed E-state index contributed by atoms with van der Waals surface area (Å²) in [6.07, 6.45) is 22.5. The summed E-state index contributed by atoms with van der Waals surface area (Å²) in [5, 5.41) is 4.11. The Kier molecular flexibility index (Phi) is 9.83. The molecule has 1 aromatic carbocycles. The van der Waals surface area contributed by atoms with E-state index < -0.39 is 0 Å². The molecule has 1 heterocycles. The zero-order valence-electron chi connectivity index (χ0n) is 16.5. The summed E-state index contributed by atoms with van der Waals surface area (Å²) in [7, 11) is 0. The second kappa shape index (κ2) is 12.1. The monoisotopic (exact) mass is 425 g/mol. The van der Waals surface area contributed by atoms with E-state index in [9.17, 15) is 4.79 Å². The smallest absolute Gasteiger partial charge is 0.294 e. The van der Waals surface area contributed by atoms with Crippen molar-refractivity contribution in [1.29, 1.82) is 0 Å². The Morgan fingerprint density at radius 3 is 2.21 bits per heavy atom. The molecule has 0 spiro atoms. The third kappa shape index (κ3) is 7.24. The second-order valence-corrected chi connectivity index (χ2v) is 6.59. The predicted molar refractivity (Wildman–Crippen MR) is 111 cm³/mol. The number of aromatic nitrogens is 3. The van der Waals surface area contributed by atoms with E-state index in [1.54, 1.807) is 11.0 Å². The predicted octanol–water partition coefficient (Wildman–Crippen LogP) is 3.97. The molecule has 2 aliphatic rings. The van der Waals surface area contributed by atoms with Crippen molar-refractivity contribution in [1.82, 2.24) is 14.8 Å². The molecule has 4 rings (SSSR count). The molecule has 2 aliphatic carbocycles. The van der Waals surface area contributed by atoms with E-state index in [0.29, 0.717) is 18.0 Å². The molecule has 0 amide bonds. The molecule has 0 unspecified atom stereocenters. The van der Waals surface area contributed by atoms with Gasteiger partial charge in [-0.2, -0.15) is 5.10 Å². The zero-order valence-corrected chi connectivity index (χ0v) is 17.6. The van der Waals surface area contributed by atoms with Crippen LogP contribution < -0.4 is 0 Å². The molecule has 0 bridgehead atoms. The van der Waals surface area contributed by atoms with Gasteiger partial charge in [0.15, 0.2) is 5.78 Å². The standard InChI is InChI=1S/C19H18N3O.C5H5.Fe/c1-14-7-8-17(15(2)9-14)10-18(11-22-13-20-12-21-22)19(23)16-5-3-4-6-16;1-2-4-5-3-1;/h3-10,12-13H,11H2,1-2H3;1-5H;/q;;+2/b18-10+;;. The van der Waals surface area contributed by atoms with Crippen molar-refractivity contribution in [2.24, 2.45) is 0 Å². The number of hydrogen-bond donors (Lipinski definition) is 0. The van der Waals surface area contributed by atoms with E-state index in [1.807, 2.05) is 69.9 Å². The number of aryl methyl sites for hydroxylation is 2. The minimum absolute atomic E-state index is 0. The molecular formula is C24H23FeN3O+2. The molecule has 1 aromatic heterocycles. The van der Waals surface area contributed by atoms with Crippen molar-refractivity contribution in [2.75, 3.05) is 0 Å². The molecule has 2 fully saturated rings. The van der Waals surface area contributed by atoms with Crippen LogP contribution >= 0.6 is 0 Å². The first-order valence-electron chi connectivity index (χ1n) is 9.17. The maximum Gasteiger partial charge on any atom is 2.00 e. The van der Waals surface area contributed by atoms with Crippen molar-refractivity contribution >= 4 is 11.9 Å². The Bertz CT molecular complexity index is 781. The van der Waals surface area contributed by atoms with Gasteiger partial charge in [0.05, 0.1) is 12.5 Å². The summed E-state index contributed by atoms with van der Waals surface area (Å²) in [6, 6.07) is 6.22. The molecule has 10 radical (unpaired) electrons. The molecule has 5 heteroatoms. The van der Waals surface area contributed by atoms with Gasteiger partial charge in [-0.05, 0) is 88.8 Å². The number of Topliss-reactive ketones (excluding diaryl/α,β-unsaturated/α-hetero) is 1. The molecule has 0 aliphatic heterocycles. The molecule has 2 aromatic rings. The molecule has 0 saturated heterocycles. The van der Waals surface area contributed by atoms with E-state index in [0.717, 1.165) is 11.1 Å². The second-order valence-electron chi connectivity index (χ2n) is 6.59. The van der Waals surface area contributed by atoms with Crippen molar-refractivity contribution < 1.29 is 21.9 Å². The van der Waals surface area contributed by atoms with E-state index in [-0.39, 0.29) is 22.9 Å². The van der Waals surface area contributed by atoms with Gasteiger partial charge in [-0.15, -0.1) is 0 Å². The first-order valence-corrected chi connectivity index (χ1v) is 9.17. The van der Waals surface area contributed by atoms with Gasteiger partial charge >= 0.3 is 17.1 Å². The number of rotatable bonds is 5. The Morgan fingerprint density at radius 1 is 1.00 bits per heavy atom. The molecule has 146 valence electrons. The summed E-state index contributed by atoms with van der Waals surface area (Å²) in [4.78, 5) is 16.7. The summed E-state index contributed by atoms with van der Waals surface area (Å²) < 4.78 is 1.66. The Balaban J connectivity index is 0.000000437. The quantitative estimate of drug-likeness (QED) is 0.538. The van der Waals surface area contributed by atoms with E-state index in [2.05, 4.69) is 36.1 Å². The van der Waals surface area contributed by atoms with Crippen LogP contribution in [0.25, 0.3) is 6.08 Å². The van der Waals surface area contributed by atoms with Gasteiger partial charge in [0.25, 0.3) is 0 Å². The van der Waals surface area contributed by atoms with E-state index in [4.69, 9.17) is 0 Å². The molecule has 0 N–H and O–H groups in total. The van der Waals surface area contributed by atoms with Crippen LogP contribution in [0, 0.1) is 77.6 Å². The van der Waals surface area contributed by atoms with Gasteiger partial charge in [0.1, 0.15) is 12.7 Å². The molecule has 2 saturated carbocycles. The van der Waals surface area contributed by atoms with Crippen LogP contribution in [0.3, 0.4) is 0 Å². The normalized spacial score (nSPS) is 16.8. The van der Waals surface area contributed by atoms with E-state index >= 15 is 0 Å². The number of benzene rings is 1. The number of ketones is 1. The SMILES string of the molecule is Cc1ccc(/C=C(\Cn2cncn2)C(=O)[C]2[CH][CH][CH][CH]2)c(C)c1.[CH]1[CH][CH][CH][CH]1.[Fe+2]. The van der Waals surface area contributed by atoms with Gasteiger partial charge in [0.2, 0.25) is 0 Å². The van der Waals surface area contributed by atoms with Gasteiger partial charge in [-0.1, -0.05) is 23.8 Å². The average Bonchev–Trinajstić information content (AvgIpc) is 3.46. The first-order chi connectivity index (χ1) is 13.6. The largest absolute Gasteiger partial charge is 2.00 e. The fourth-order valence-corrected chi connectivity index (χ4v) is 2.88. The van der Waals surface area contributed by atoms with Crippen LogP contribution in [-0.4, -0.2) is 20.5 Å². The van der Waals surface area contributed by atoms with Crippen molar-refractivity contribution in [2.45, 2.75) is 20.4 Å². The van der Waals surface area contributed by atoms with E-state index in [1.165, 1.54) is 11.9 Å². The Morgan fingerprint density at radius 2 is 1.66 bits per heavy atom. The average molecular weight is 425 g/mol. The fraction of sp³-hybridized carbons (Fsp3) is 0.125. The third-order valence-corrected chi connectivity index (χ3v) is 4.33. The van der Waals surface area contributed by atoms with Gasteiger partial charge < -0.3 is 0 Å². The number of carbonyl (C=O) groups excluding carboxylic acids is 1. The van der Waals surface area contributed by atoms with Crippen LogP contribution in [-0.2, 0) is 28.4 Å². The summed E-state index contributed by atoms with van der Waals surface area (Å²) in [5.41, 5.74) is 4.09. The van der Waals surface area contributed by atoms with Crippen LogP contribution in [0.4, 0.5) is 0 Å². The van der Waals surface area contributed by atoms with Crippen molar-refractivity contribution in [3.05, 3.63) is 117 Å². The third-order valence-electron chi connectivity index (χ3n) is 4.33. The molecule has 29 heavy (non-hydrogen) atoms. The minimum Gasteiger partial charge on any atom is -0.294 e. The van der Waals surface area contributed by atoms with Gasteiger partial charge in [-0.3, -0.25) is 4.79 Å². The maximum absolute atomic E-state index is 12.8. The van der Waals surface area contributed by atoms with Crippen LogP contribution in [0.5, 0.6) is 0 Å². The first kappa shape index (κ1) is 23.6.